The number of alkyl halides is 3. The van der Waals surface area contributed by atoms with Crippen LogP contribution in [0, 0.1) is 0 Å². The first kappa shape index (κ1) is 15.7. The predicted octanol–water partition coefficient (Wildman–Crippen LogP) is 3.05. The minimum absolute atomic E-state index is 0.0262. The fourth-order valence-electron chi connectivity index (χ4n) is 2.32. The first-order valence-electron chi connectivity index (χ1n) is 6.44. The van der Waals surface area contributed by atoms with Gasteiger partial charge < -0.3 is 5.32 Å². The van der Waals surface area contributed by atoms with Gasteiger partial charge in [0.2, 0.25) is 10.1 Å². The Labute approximate surface area is 121 Å². The van der Waals surface area contributed by atoms with Gasteiger partial charge in [-0.05, 0) is 19.3 Å². The molecule has 1 saturated carbocycles. The van der Waals surface area contributed by atoms with E-state index in [4.69, 9.17) is 0 Å². The van der Waals surface area contributed by atoms with Crippen LogP contribution < -0.4 is 5.32 Å². The summed E-state index contributed by atoms with van der Waals surface area (Å²) >= 11 is 0.515. The lowest BCUT2D eigenvalue weighted by Crippen LogP contribution is -2.32. The van der Waals surface area contributed by atoms with Crippen molar-refractivity contribution < 1.29 is 17.4 Å². The van der Waals surface area contributed by atoms with Crippen LogP contribution in [0.2, 0.25) is 0 Å². The van der Waals surface area contributed by atoms with Crippen molar-refractivity contribution in [2.24, 2.45) is 0 Å². The number of aromatic nitrogens is 2. The molecule has 2 rings (SSSR count). The van der Waals surface area contributed by atoms with Crippen molar-refractivity contribution in [3.05, 3.63) is 5.01 Å². The molecule has 0 radical (unpaired) electrons. The summed E-state index contributed by atoms with van der Waals surface area (Å²) in [4.78, 5) is 0. The van der Waals surface area contributed by atoms with Crippen molar-refractivity contribution >= 4 is 27.3 Å². The Kier molecular flexibility index (Phi) is 5.00. The molecular weight excluding hydrogens is 311 g/mol. The van der Waals surface area contributed by atoms with Crippen molar-refractivity contribution in [3.8, 4) is 0 Å². The Morgan fingerprint density at radius 2 is 2.15 bits per heavy atom. The molecule has 1 aromatic rings. The van der Waals surface area contributed by atoms with E-state index in [0.29, 0.717) is 23.5 Å². The topological polar surface area (TPSA) is 54.9 Å². The maximum Gasteiger partial charge on any atom is 0.445 e. The van der Waals surface area contributed by atoms with Gasteiger partial charge in [0.15, 0.2) is 0 Å². The van der Waals surface area contributed by atoms with Gasteiger partial charge in [0.1, 0.15) is 0 Å². The summed E-state index contributed by atoms with van der Waals surface area (Å²) in [5, 5.41) is 9.04. The van der Waals surface area contributed by atoms with E-state index in [2.05, 4.69) is 15.5 Å². The zero-order chi connectivity index (χ0) is 14.8. The van der Waals surface area contributed by atoms with Crippen LogP contribution in [0.1, 0.15) is 37.6 Å². The normalized spacial score (nSPS) is 25.4. The summed E-state index contributed by atoms with van der Waals surface area (Å²) in [5.41, 5.74) is 0. The van der Waals surface area contributed by atoms with Crippen LogP contribution in [0.3, 0.4) is 0 Å². The number of hydrogen-bond acceptors (Lipinski definition) is 5. The highest BCUT2D eigenvalue weighted by molar-refractivity contribution is 7.85. The third-order valence-electron chi connectivity index (χ3n) is 3.28. The monoisotopic (exact) mass is 327 g/mol. The molecule has 0 bridgehead atoms. The standard InChI is InChI=1S/C11H16F3N3OS2/c1-2-20(18)8-5-3-4-7(6-8)15-10-17-16-9(19-10)11(12,13)14/h7-8H,2-6H2,1H3,(H,15,17). The lowest BCUT2D eigenvalue weighted by molar-refractivity contribution is -0.138. The number of nitrogens with zero attached hydrogens (tertiary/aromatic N) is 2. The van der Waals surface area contributed by atoms with Gasteiger partial charge in [0, 0.05) is 27.8 Å². The molecule has 1 aliphatic rings. The molecule has 0 aromatic carbocycles. The lowest BCUT2D eigenvalue weighted by atomic mass is 9.95. The van der Waals surface area contributed by atoms with Crippen LogP contribution in [0.15, 0.2) is 0 Å². The quantitative estimate of drug-likeness (QED) is 0.923. The van der Waals surface area contributed by atoms with E-state index in [1.54, 1.807) is 0 Å². The van der Waals surface area contributed by atoms with Gasteiger partial charge >= 0.3 is 6.18 Å². The number of hydrogen-bond donors (Lipinski definition) is 1. The zero-order valence-electron chi connectivity index (χ0n) is 10.9. The van der Waals surface area contributed by atoms with Crippen LogP contribution in [-0.4, -0.2) is 31.5 Å². The summed E-state index contributed by atoms with van der Waals surface area (Å²) in [6, 6.07) is 0.0262. The third-order valence-corrected chi connectivity index (χ3v) is 5.92. The minimum atomic E-state index is -4.45. The van der Waals surface area contributed by atoms with Crippen LogP contribution in [0.4, 0.5) is 18.3 Å². The van der Waals surface area contributed by atoms with Gasteiger partial charge in [-0.2, -0.15) is 13.2 Å². The fourth-order valence-corrected chi connectivity index (χ4v) is 4.36. The molecule has 4 nitrogen and oxygen atoms in total. The van der Waals surface area contributed by atoms with Gasteiger partial charge in [-0.3, -0.25) is 4.21 Å². The van der Waals surface area contributed by atoms with E-state index in [0.717, 1.165) is 19.3 Å². The molecule has 20 heavy (non-hydrogen) atoms. The second kappa shape index (κ2) is 6.38. The van der Waals surface area contributed by atoms with Crippen molar-refractivity contribution in [2.75, 3.05) is 11.1 Å². The largest absolute Gasteiger partial charge is 0.445 e. The molecule has 9 heteroatoms. The van der Waals surface area contributed by atoms with Crippen molar-refractivity contribution in [1.82, 2.24) is 10.2 Å². The maximum absolute atomic E-state index is 12.4. The minimum Gasteiger partial charge on any atom is -0.357 e. The fraction of sp³-hybridized carbons (Fsp3) is 0.818. The molecule has 3 atom stereocenters. The first-order valence-corrected chi connectivity index (χ1v) is 8.64. The molecule has 1 N–H and O–H groups in total. The SMILES string of the molecule is CCS(=O)C1CCCC(Nc2nnc(C(F)(F)F)s2)C1. The van der Waals surface area contributed by atoms with Crippen LogP contribution >= 0.6 is 11.3 Å². The second-order valence-electron chi connectivity index (χ2n) is 4.71. The zero-order valence-corrected chi connectivity index (χ0v) is 12.6. The highest BCUT2D eigenvalue weighted by atomic mass is 32.2. The maximum atomic E-state index is 12.4. The van der Waals surface area contributed by atoms with E-state index in [1.807, 2.05) is 6.92 Å². The number of anilines is 1. The van der Waals surface area contributed by atoms with Gasteiger partial charge in [0.05, 0.1) is 0 Å². The summed E-state index contributed by atoms with van der Waals surface area (Å²) in [6.07, 6.45) is -1.03. The predicted molar refractivity (Wildman–Crippen MR) is 73.3 cm³/mol. The van der Waals surface area contributed by atoms with Gasteiger partial charge in [0.25, 0.3) is 0 Å². The molecule has 1 fully saturated rings. The Bertz CT molecular complexity index is 478. The summed E-state index contributed by atoms with van der Waals surface area (Å²) in [6.45, 7) is 1.88. The number of halogens is 3. The molecule has 3 unspecified atom stereocenters. The van der Waals surface area contributed by atoms with Gasteiger partial charge in [-0.1, -0.05) is 24.7 Å². The van der Waals surface area contributed by atoms with E-state index in [1.165, 1.54) is 0 Å². The average Bonchev–Trinajstić information content (AvgIpc) is 2.86. The molecule has 0 amide bonds. The smallest absolute Gasteiger partial charge is 0.357 e. The number of rotatable bonds is 4. The molecule has 1 heterocycles. The second-order valence-corrected chi connectivity index (χ2v) is 7.69. The van der Waals surface area contributed by atoms with Crippen LogP contribution in [0.5, 0.6) is 0 Å². The summed E-state index contributed by atoms with van der Waals surface area (Å²) in [7, 11) is -0.854. The van der Waals surface area contributed by atoms with E-state index in [9.17, 15) is 17.4 Å². The summed E-state index contributed by atoms with van der Waals surface area (Å²) in [5.74, 6) is 0.619. The Morgan fingerprint density at radius 1 is 1.40 bits per heavy atom. The van der Waals surface area contributed by atoms with E-state index >= 15 is 0 Å². The van der Waals surface area contributed by atoms with Crippen LogP contribution in [-0.2, 0) is 17.0 Å². The molecular formula is C11H16F3N3OS2. The highest BCUT2D eigenvalue weighted by Crippen LogP contribution is 2.34. The Morgan fingerprint density at radius 3 is 2.75 bits per heavy atom. The third kappa shape index (κ3) is 3.91. The van der Waals surface area contributed by atoms with Crippen molar-refractivity contribution in [3.63, 3.8) is 0 Å². The van der Waals surface area contributed by atoms with E-state index < -0.39 is 22.0 Å². The molecule has 1 aliphatic carbocycles. The Hall–Kier alpha value is -0.700. The van der Waals surface area contributed by atoms with Gasteiger partial charge in [-0.25, -0.2) is 0 Å². The van der Waals surface area contributed by atoms with E-state index in [-0.39, 0.29) is 16.4 Å². The molecule has 114 valence electrons. The molecule has 0 aliphatic heterocycles. The lowest BCUT2D eigenvalue weighted by Gasteiger charge is -2.28. The first-order chi connectivity index (χ1) is 9.40. The molecule has 1 aromatic heterocycles. The van der Waals surface area contributed by atoms with Gasteiger partial charge in [-0.15, -0.1) is 10.2 Å². The molecule has 0 spiro atoms. The Balaban J connectivity index is 1.96. The molecule has 0 saturated heterocycles. The van der Waals surface area contributed by atoms with Crippen molar-refractivity contribution in [1.29, 1.82) is 0 Å². The highest BCUT2D eigenvalue weighted by Gasteiger charge is 2.36. The van der Waals surface area contributed by atoms with Crippen LogP contribution in [0.25, 0.3) is 0 Å². The average molecular weight is 327 g/mol. The summed E-state index contributed by atoms with van der Waals surface area (Å²) < 4.78 is 49.1. The van der Waals surface area contributed by atoms with Crippen molar-refractivity contribution in [2.45, 2.75) is 50.1 Å². The number of nitrogens with one attached hydrogen (secondary N) is 1.